The van der Waals surface area contributed by atoms with Crippen molar-refractivity contribution in [2.45, 2.75) is 13.0 Å². The third-order valence-electron chi connectivity index (χ3n) is 2.68. The number of hydrogen-bond acceptors (Lipinski definition) is 2. The third-order valence-corrected chi connectivity index (χ3v) is 2.68. The van der Waals surface area contributed by atoms with Crippen LogP contribution in [0.15, 0.2) is 48.8 Å². The Hall–Kier alpha value is -2.07. The molecule has 0 aliphatic heterocycles. The average Bonchev–Trinajstić information content (AvgIpc) is 2.92. The van der Waals surface area contributed by atoms with E-state index in [1.807, 2.05) is 41.2 Å². The third kappa shape index (κ3) is 2.78. The molecule has 0 aliphatic rings. The van der Waals surface area contributed by atoms with Gasteiger partial charge >= 0.3 is 0 Å². The van der Waals surface area contributed by atoms with Gasteiger partial charge in [0.2, 0.25) is 0 Å². The van der Waals surface area contributed by atoms with Crippen LogP contribution in [0, 0.1) is 0 Å². The van der Waals surface area contributed by atoms with Crippen molar-refractivity contribution in [3.05, 3.63) is 54.4 Å². The van der Waals surface area contributed by atoms with Crippen molar-refractivity contribution < 1.29 is 9.90 Å². The summed E-state index contributed by atoms with van der Waals surface area (Å²) in [5.74, 6) is -0.171. The van der Waals surface area contributed by atoms with Crippen molar-refractivity contribution in [3.63, 3.8) is 0 Å². The van der Waals surface area contributed by atoms with Crippen LogP contribution in [0.3, 0.4) is 0 Å². The first-order chi connectivity index (χ1) is 8.70. The highest BCUT2D eigenvalue weighted by atomic mass is 16.3. The summed E-state index contributed by atoms with van der Waals surface area (Å²) in [5.41, 5.74) is 1.60. The molecule has 1 heterocycles. The maximum Gasteiger partial charge on any atom is 0.251 e. The number of aliphatic hydroxyl groups is 1. The molecule has 2 aromatic rings. The van der Waals surface area contributed by atoms with Gasteiger partial charge in [-0.05, 0) is 43.3 Å². The lowest BCUT2D eigenvalue weighted by Crippen LogP contribution is -2.34. The van der Waals surface area contributed by atoms with E-state index in [9.17, 15) is 4.79 Å². The van der Waals surface area contributed by atoms with E-state index in [1.165, 1.54) is 0 Å². The maximum absolute atomic E-state index is 11.8. The number of nitrogens with zero attached hydrogens (tertiary/aromatic N) is 1. The summed E-state index contributed by atoms with van der Waals surface area (Å²) >= 11 is 0. The molecule has 1 atom stereocenters. The second-order valence-corrected chi connectivity index (χ2v) is 4.19. The van der Waals surface area contributed by atoms with Crippen LogP contribution in [0.25, 0.3) is 5.69 Å². The first-order valence-electron chi connectivity index (χ1n) is 5.86. The van der Waals surface area contributed by atoms with E-state index in [-0.39, 0.29) is 18.6 Å². The molecular weight excluding hydrogens is 228 g/mol. The Labute approximate surface area is 106 Å². The zero-order valence-electron chi connectivity index (χ0n) is 10.2. The Bertz CT molecular complexity index is 503. The minimum Gasteiger partial charge on any atom is -0.394 e. The number of aliphatic hydroxyl groups excluding tert-OH is 1. The molecule has 4 heteroatoms. The Kier molecular flexibility index (Phi) is 3.79. The van der Waals surface area contributed by atoms with Gasteiger partial charge in [0, 0.05) is 29.7 Å². The molecule has 1 aromatic heterocycles. The first-order valence-corrected chi connectivity index (χ1v) is 5.86. The predicted octanol–water partition coefficient (Wildman–Crippen LogP) is 1.59. The van der Waals surface area contributed by atoms with Crippen molar-refractivity contribution >= 4 is 5.91 Å². The summed E-state index contributed by atoms with van der Waals surface area (Å²) < 4.78 is 1.97. The number of hydrogen-bond donors (Lipinski definition) is 2. The molecular formula is C14H16N2O2. The number of benzene rings is 1. The Morgan fingerprint density at radius 2 is 1.89 bits per heavy atom. The van der Waals surface area contributed by atoms with Gasteiger partial charge < -0.3 is 15.0 Å². The molecule has 94 valence electrons. The van der Waals surface area contributed by atoms with Crippen LogP contribution in [0.5, 0.6) is 0 Å². The highest BCUT2D eigenvalue weighted by Gasteiger charge is 2.08. The van der Waals surface area contributed by atoms with Crippen LogP contribution in [-0.2, 0) is 0 Å². The standard InChI is InChI=1S/C14H16N2O2/c1-11(10-17)15-14(18)12-4-6-13(7-5-12)16-8-2-3-9-16/h2-9,11,17H,10H2,1H3,(H,15,18). The molecule has 18 heavy (non-hydrogen) atoms. The summed E-state index contributed by atoms with van der Waals surface area (Å²) in [5, 5.41) is 11.6. The number of carbonyl (C=O) groups excluding carboxylic acids is 1. The van der Waals surface area contributed by atoms with Crippen LogP contribution < -0.4 is 5.32 Å². The number of amides is 1. The van der Waals surface area contributed by atoms with Gasteiger partial charge in [-0.3, -0.25) is 4.79 Å². The molecule has 0 saturated heterocycles. The molecule has 2 N–H and O–H groups in total. The van der Waals surface area contributed by atoms with Crippen molar-refractivity contribution in [1.82, 2.24) is 9.88 Å². The molecule has 0 saturated carbocycles. The second kappa shape index (κ2) is 5.51. The molecule has 1 unspecified atom stereocenters. The molecule has 4 nitrogen and oxygen atoms in total. The minimum absolute atomic E-state index is 0.0623. The Morgan fingerprint density at radius 3 is 2.44 bits per heavy atom. The number of rotatable bonds is 4. The number of aromatic nitrogens is 1. The van der Waals surface area contributed by atoms with Crippen LogP contribution in [0.1, 0.15) is 17.3 Å². The fourth-order valence-corrected chi connectivity index (χ4v) is 1.64. The molecule has 0 bridgehead atoms. The normalized spacial score (nSPS) is 12.1. The molecule has 0 spiro atoms. The topological polar surface area (TPSA) is 54.3 Å². The molecule has 0 radical (unpaired) electrons. The van der Waals surface area contributed by atoms with Crippen molar-refractivity contribution in [3.8, 4) is 5.69 Å². The predicted molar refractivity (Wildman–Crippen MR) is 69.8 cm³/mol. The van der Waals surface area contributed by atoms with E-state index in [1.54, 1.807) is 19.1 Å². The van der Waals surface area contributed by atoms with Crippen LogP contribution in [0.2, 0.25) is 0 Å². The summed E-state index contributed by atoms with van der Waals surface area (Å²) in [6, 6.07) is 11.0. The number of carbonyl (C=O) groups is 1. The van der Waals surface area contributed by atoms with E-state index in [2.05, 4.69) is 5.32 Å². The van der Waals surface area contributed by atoms with Crippen LogP contribution in [0.4, 0.5) is 0 Å². The molecule has 0 aliphatic carbocycles. The smallest absolute Gasteiger partial charge is 0.251 e. The van der Waals surface area contributed by atoms with E-state index in [0.717, 1.165) is 5.69 Å². The zero-order valence-corrected chi connectivity index (χ0v) is 10.2. The fraction of sp³-hybridized carbons (Fsp3) is 0.214. The van der Waals surface area contributed by atoms with Crippen LogP contribution in [-0.4, -0.2) is 28.2 Å². The van der Waals surface area contributed by atoms with E-state index < -0.39 is 0 Å². The van der Waals surface area contributed by atoms with Crippen molar-refractivity contribution in [1.29, 1.82) is 0 Å². The summed E-state index contributed by atoms with van der Waals surface area (Å²) in [6.45, 7) is 1.69. The Balaban J connectivity index is 2.10. The van der Waals surface area contributed by atoms with Gasteiger partial charge in [0.1, 0.15) is 0 Å². The van der Waals surface area contributed by atoms with Crippen molar-refractivity contribution in [2.24, 2.45) is 0 Å². The highest BCUT2D eigenvalue weighted by molar-refractivity contribution is 5.94. The SMILES string of the molecule is CC(CO)NC(=O)c1ccc(-n2cccc2)cc1. The lowest BCUT2D eigenvalue weighted by Gasteiger charge is -2.11. The monoisotopic (exact) mass is 244 g/mol. The maximum atomic E-state index is 11.8. The fourth-order valence-electron chi connectivity index (χ4n) is 1.64. The second-order valence-electron chi connectivity index (χ2n) is 4.19. The molecule has 2 rings (SSSR count). The quantitative estimate of drug-likeness (QED) is 0.858. The van der Waals surface area contributed by atoms with Gasteiger partial charge in [0.05, 0.1) is 6.61 Å². The molecule has 1 aromatic carbocycles. The lowest BCUT2D eigenvalue weighted by molar-refractivity contribution is 0.0922. The summed E-state index contributed by atoms with van der Waals surface area (Å²) in [4.78, 5) is 11.8. The van der Waals surface area contributed by atoms with E-state index in [4.69, 9.17) is 5.11 Å². The zero-order chi connectivity index (χ0) is 13.0. The molecule has 0 fully saturated rings. The van der Waals surface area contributed by atoms with Crippen molar-refractivity contribution in [2.75, 3.05) is 6.61 Å². The highest BCUT2D eigenvalue weighted by Crippen LogP contribution is 2.10. The van der Waals surface area contributed by atoms with E-state index >= 15 is 0 Å². The lowest BCUT2D eigenvalue weighted by atomic mass is 10.2. The van der Waals surface area contributed by atoms with Gasteiger partial charge in [-0.1, -0.05) is 0 Å². The Morgan fingerprint density at radius 1 is 1.28 bits per heavy atom. The van der Waals surface area contributed by atoms with Gasteiger partial charge in [-0.25, -0.2) is 0 Å². The van der Waals surface area contributed by atoms with Crippen LogP contribution >= 0.6 is 0 Å². The average molecular weight is 244 g/mol. The van der Waals surface area contributed by atoms with Gasteiger partial charge in [-0.15, -0.1) is 0 Å². The molecule has 1 amide bonds. The van der Waals surface area contributed by atoms with E-state index in [0.29, 0.717) is 5.56 Å². The summed E-state index contributed by atoms with van der Waals surface area (Å²) in [7, 11) is 0. The minimum atomic E-state index is -0.235. The van der Waals surface area contributed by atoms with Gasteiger partial charge in [-0.2, -0.15) is 0 Å². The summed E-state index contributed by atoms with van der Waals surface area (Å²) in [6.07, 6.45) is 3.89. The van der Waals surface area contributed by atoms with Gasteiger partial charge in [0.15, 0.2) is 0 Å². The first kappa shape index (κ1) is 12.4. The van der Waals surface area contributed by atoms with Gasteiger partial charge in [0.25, 0.3) is 5.91 Å². The largest absolute Gasteiger partial charge is 0.394 e. The number of nitrogens with one attached hydrogen (secondary N) is 1.